The number of pyridine rings is 1. The van der Waals surface area contributed by atoms with E-state index in [-0.39, 0.29) is 5.41 Å². The highest BCUT2D eigenvalue weighted by Gasteiger charge is 2.27. The molecule has 0 atom stereocenters. The van der Waals surface area contributed by atoms with E-state index < -0.39 is 0 Å². The van der Waals surface area contributed by atoms with Crippen LogP contribution in [-0.4, -0.2) is 4.98 Å². The first kappa shape index (κ1) is 11.5. The maximum atomic E-state index is 6.19. The fourth-order valence-electron chi connectivity index (χ4n) is 2.49. The van der Waals surface area contributed by atoms with Gasteiger partial charge >= 0.3 is 0 Å². The number of hydrogen-bond donors (Lipinski definition) is 1. The average Bonchev–Trinajstić information content (AvgIpc) is 3.10. The molecule has 0 unspecified atom stereocenters. The van der Waals surface area contributed by atoms with Crippen LogP contribution >= 0.6 is 0 Å². The molecule has 2 aromatic rings. The quantitative estimate of drug-likeness (QED) is 0.818. The van der Waals surface area contributed by atoms with Gasteiger partial charge in [0.15, 0.2) is 0 Å². The van der Waals surface area contributed by atoms with Crippen LogP contribution in [0.15, 0.2) is 24.3 Å². The molecule has 0 spiro atoms. The summed E-state index contributed by atoms with van der Waals surface area (Å²) in [6, 6.07) is 8.39. The molecule has 94 valence electrons. The van der Waals surface area contributed by atoms with Crippen molar-refractivity contribution in [3.05, 3.63) is 35.5 Å². The van der Waals surface area contributed by atoms with E-state index in [0.29, 0.717) is 5.92 Å². The molecule has 0 saturated heterocycles. The summed E-state index contributed by atoms with van der Waals surface area (Å²) in [6.45, 7) is 6.68. The van der Waals surface area contributed by atoms with E-state index in [1.807, 2.05) is 0 Å². The predicted octanol–water partition coefficient (Wildman–Crippen LogP) is 3.99. The van der Waals surface area contributed by atoms with Gasteiger partial charge < -0.3 is 5.73 Å². The van der Waals surface area contributed by atoms with E-state index in [4.69, 9.17) is 10.7 Å². The van der Waals surface area contributed by atoms with Crippen molar-refractivity contribution in [3.63, 3.8) is 0 Å². The van der Waals surface area contributed by atoms with E-state index >= 15 is 0 Å². The molecule has 0 amide bonds. The van der Waals surface area contributed by atoms with Crippen molar-refractivity contribution in [2.45, 2.75) is 44.9 Å². The Kier molecular flexibility index (Phi) is 2.37. The Morgan fingerprint density at radius 1 is 1.22 bits per heavy atom. The molecule has 2 N–H and O–H groups in total. The first-order valence-electron chi connectivity index (χ1n) is 6.66. The van der Waals surface area contributed by atoms with E-state index in [2.05, 4.69) is 45.0 Å². The van der Waals surface area contributed by atoms with Crippen molar-refractivity contribution in [1.29, 1.82) is 0 Å². The molecule has 0 bridgehead atoms. The summed E-state index contributed by atoms with van der Waals surface area (Å²) < 4.78 is 0. The van der Waals surface area contributed by atoms with Gasteiger partial charge in [-0.3, -0.25) is 4.98 Å². The summed E-state index contributed by atoms with van der Waals surface area (Å²) in [7, 11) is 0. The lowest BCUT2D eigenvalue weighted by molar-refractivity contribution is 0.594. The van der Waals surface area contributed by atoms with Gasteiger partial charge in [-0.25, -0.2) is 0 Å². The van der Waals surface area contributed by atoms with E-state index in [0.717, 1.165) is 16.6 Å². The minimum Gasteiger partial charge on any atom is -0.398 e. The van der Waals surface area contributed by atoms with Crippen LogP contribution in [-0.2, 0) is 5.41 Å². The van der Waals surface area contributed by atoms with Crippen LogP contribution in [0.2, 0.25) is 0 Å². The minimum absolute atomic E-state index is 0.0983. The van der Waals surface area contributed by atoms with Crippen molar-refractivity contribution in [2.24, 2.45) is 0 Å². The molecule has 3 rings (SSSR count). The van der Waals surface area contributed by atoms with Crippen molar-refractivity contribution in [3.8, 4) is 0 Å². The summed E-state index contributed by atoms with van der Waals surface area (Å²) in [6.07, 6.45) is 2.52. The normalized spacial score (nSPS) is 16.2. The second kappa shape index (κ2) is 3.71. The Hall–Kier alpha value is -1.57. The Morgan fingerprint density at radius 3 is 2.56 bits per heavy atom. The zero-order valence-electron chi connectivity index (χ0n) is 11.3. The third kappa shape index (κ3) is 1.86. The number of benzene rings is 1. The van der Waals surface area contributed by atoms with Gasteiger partial charge in [0.1, 0.15) is 0 Å². The number of nitrogens with zero attached hydrogens (tertiary/aromatic N) is 1. The third-order valence-corrected chi connectivity index (χ3v) is 3.69. The van der Waals surface area contributed by atoms with Gasteiger partial charge in [0.2, 0.25) is 0 Å². The lowest BCUT2D eigenvalue weighted by Gasteiger charge is -2.21. The number of hydrogen-bond acceptors (Lipinski definition) is 2. The van der Waals surface area contributed by atoms with Crippen molar-refractivity contribution in [1.82, 2.24) is 4.98 Å². The molecule has 0 aliphatic heterocycles. The van der Waals surface area contributed by atoms with E-state index in [9.17, 15) is 0 Å². The van der Waals surface area contributed by atoms with Gasteiger partial charge in [-0.05, 0) is 29.9 Å². The lowest BCUT2D eigenvalue weighted by atomic mass is 9.85. The molecule has 1 heterocycles. The Morgan fingerprint density at radius 2 is 1.94 bits per heavy atom. The SMILES string of the molecule is CC(C)(C)c1cccc2c(N)cc(C3CC3)nc12. The van der Waals surface area contributed by atoms with Crippen LogP contribution in [0.3, 0.4) is 0 Å². The molecule has 1 aromatic carbocycles. The summed E-state index contributed by atoms with van der Waals surface area (Å²) in [5.74, 6) is 0.643. The summed E-state index contributed by atoms with van der Waals surface area (Å²) in [5, 5.41) is 1.09. The van der Waals surface area contributed by atoms with Crippen LogP contribution in [0.5, 0.6) is 0 Å². The van der Waals surface area contributed by atoms with E-state index in [1.165, 1.54) is 24.1 Å². The van der Waals surface area contributed by atoms with Crippen LogP contribution in [0.25, 0.3) is 10.9 Å². The van der Waals surface area contributed by atoms with Crippen molar-refractivity contribution < 1.29 is 0 Å². The summed E-state index contributed by atoms with van der Waals surface area (Å²) in [5.41, 5.74) is 10.7. The van der Waals surface area contributed by atoms with Gasteiger partial charge in [0.25, 0.3) is 0 Å². The van der Waals surface area contributed by atoms with Crippen molar-refractivity contribution in [2.75, 3.05) is 5.73 Å². The number of fused-ring (bicyclic) bond motifs is 1. The molecule has 18 heavy (non-hydrogen) atoms. The van der Waals surface area contributed by atoms with Gasteiger partial charge in [0.05, 0.1) is 5.52 Å². The van der Waals surface area contributed by atoms with Gasteiger partial charge in [-0.1, -0.05) is 39.0 Å². The monoisotopic (exact) mass is 240 g/mol. The molecule has 1 fully saturated rings. The van der Waals surface area contributed by atoms with Crippen LogP contribution in [0.4, 0.5) is 5.69 Å². The van der Waals surface area contributed by atoms with Crippen LogP contribution in [0, 0.1) is 0 Å². The highest BCUT2D eigenvalue weighted by molar-refractivity contribution is 5.93. The number of rotatable bonds is 1. The lowest BCUT2D eigenvalue weighted by Crippen LogP contribution is -2.12. The number of nitrogens with two attached hydrogens (primary N) is 1. The Labute approximate surface area is 108 Å². The third-order valence-electron chi connectivity index (χ3n) is 3.69. The maximum Gasteiger partial charge on any atom is 0.0763 e. The summed E-state index contributed by atoms with van der Waals surface area (Å²) >= 11 is 0. The highest BCUT2D eigenvalue weighted by Crippen LogP contribution is 2.41. The second-order valence-electron chi connectivity index (χ2n) is 6.36. The molecule has 1 aliphatic carbocycles. The smallest absolute Gasteiger partial charge is 0.0763 e. The minimum atomic E-state index is 0.0983. The predicted molar refractivity (Wildman–Crippen MR) is 76.8 cm³/mol. The molecule has 1 aliphatic rings. The Balaban J connectivity index is 2.30. The second-order valence-corrected chi connectivity index (χ2v) is 6.36. The summed E-state index contributed by atoms with van der Waals surface area (Å²) in [4.78, 5) is 4.88. The average molecular weight is 240 g/mol. The standard InChI is InChI=1S/C16H20N2/c1-16(2,3)12-6-4-5-11-13(17)9-14(10-7-8-10)18-15(11)12/h4-6,9-10H,7-8H2,1-3H3,(H2,17,18). The zero-order chi connectivity index (χ0) is 12.9. The van der Waals surface area contributed by atoms with Crippen LogP contribution in [0.1, 0.15) is 50.8 Å². The van der Waals surface area contributed by atoms with Crippen molar-refractivity contribution >= 4 is 16.6 Å². The topological polar surface area (TPSA) is 38.9 Å². The fraction of sp³-hybridized carbons (Fsp3) is 0.438. The van der Waals surface area contributed by atoms with Gasteiger partial charge in [0, 0.05) is 22.7 Å². The number of nitrogen functional groups attached to an aromatic ring is 1. The fourth-order valence-corrected chi connectivity index (χ4v) is 2.49. The molecule has 2 nitrogen and oxygen atoms in total. The number of para-hydroxylation sites is 1. The molecule has 1 saturated carbocycles. The molecule has 0 radical (unpaired) electrons. The largest absolute Gasteiger partial charge is 0.398 e. The maximum absolute atomic E-state index is 6.19. The number of aromatic nitrogens is 1. The molecule has 2 heteroatoms. The van der Waals surface area contributed by atoms with Gasteiger partial charge in [-0.15, -0.1) is 0 Å². The molecular formula is C16H20N2. The van der Waals surface area contributed by atoms with Crippen LogP contribution < -0.4 is 5.73 Å². The first-order chi connectivity index (χ1) is 8.47. The zero-order valence-corrected chi connectivity index (χ0v) is 11.3. The molecule has 1 aromatic heterocycles. The highest BCUT2D eigenvalue weighted by atomic mass is 14.7. The van der Waals surface area contributed by atoms with E-state index in [1.54, 1.807) is 0 Å². The number of anilines is 1. The Bertz CT molecular complexity index is 604. The van der Waals surface area contributed by atoms with Gasteiger partial charge in [-0.2, -0.15) is 0 Å². The molecular weight excluding hydrogens is 220 g/mol. The first-order valence-corrected chi connectivity index (χ1v) is 6.66.